The van der Waals surface area contributed by atoms with Crippen LogP contribution in [0.25, 0.3) is 0 Å². The summed E-state index contributed by atoms with van der Waals surface area (Å²) in [7, 11) is 0. The topological polar surface area (TPSA) is 64.4 Å². The fraction of sp³-hybridized carbons (Fsp3) is 0.278. The predicted octanol–water partition coefficient (Wildman–Crippen LogP) is 3.08. The molecule has 25 heavy (non-hydrogen) atoms. The van der Waals surface area contributed by atoms with Gasteiger partial charge in [0.2, 0.25) is 5.91 Å². The highest BCUT2D eigenvalue weighted by atomic mass is 19.4. The van der Waals surface area contributed by atoms with E-state index in [9.17, 15) is 18.0 Å². The number of benzene rings is 2. The van der Waals surface area contributed by atoms with Gasteiger partial charge in [0.1, 0.15) is 12.6 Å². The number of hydrogen-bond acceptors (Lipinski definition) is 3. The van der Waals surface area contributed by atoms with Crippen molar-refractivity contribution in [3.8, 4) is 0 Å². The van der Waals surface area contributed by atoms with Gasteiger partial charge in [0, 0.05) is 6.54 Å². The van der Waals surface area contributed by atoms with Crippen LogP contribution >= 0.6 is 0 Å². The molecule has 7 heteroatoms. The summed E-state index contributed by atoms with van der Waals surface area (Å²) in [4.78, 5) is 11.6. The van der Waals surface area contributed by atoms with Crippen LogP contribution in [0.1, 0.15) is 22.7 Å². The van der Waals surface area contributed by atoms with Crippen molar-refractivity contribution in [1.82, 2.24) is 5.32 Å². The maximum absolute atomic E-state index is 12.0. The highest BCUT2D eigenvalue weighted by Gasteiger charge is 2.27. The lowest BCUT2D eigenvalue weighted by molar-refractivity contribution is -0.176. The van der Waals surface area contributed by atoms with Gasteiger partial charge in [-0.15, -0.1) is 0 Å². The van der Waals surface area contributed by atoms with E-state index in [2.05, 4.69) is 10.1 Å². The number of nitrogens with one attached hydrogen (secondary N) is 1. The number of amides is 1. The molecule has 0 spiro atoms. The third kappa shape index (κ3) is 6.56. The molecule has 0 aliphatic heterocycles. The van der Waals surface area contributed by atoms with Gasteiger partial charge in [-0.3, -0.25) is 10.1 Å². The molecule has 0 heterocycles. The van der Waals surface area contributed by atoms with Gasteiger partial charge in [-0.05, 0) is 16.7 Å². The minimum Gasteiger partial charge on any atom is -0.368 e. The summed E-state index contributed by atoms with van der Waals surface area (Å²) >= 11 is 0. The molecule has 2 aromatic carbocycles. The summed E-state index contributed by atoms with van der Waals surface area (Å²) in [6.45, 7) is -0.985. The lowest BCUT2D eigenvalue weighted by atomic mass is 10.1. The summed E-state index contributed by atoms with van der Waals surface area (Å²) in [5, 5.41) is 3.08. The van der Waals surface area contributed by atoms with Gasteiger partial charge in [-0.1, -0.05) is 54.6 Å². The van der Waals surface area contributed by atoms with Gasteiger partial charge < -0.3 is 10.5 Å². The number of ether oxygens (including phenoxy) is 1. The number of carbonyl (C=O) groups excluding carboxylic acids is 1. The number of halogens is 3. The zero-order chi connectivity index (χ0) is 18.3. The van der Waals surface area contributed by atoms with E-state index in [1.807, 2.05) is 30.3 Å². The Morgan fingerprint density at radius 2 is 1.64 bits per heavy atom. The number of primary amides is 1. The first kappa shape index (κ1) is 19.0. The standard InChI is InChI=1S/C18H19F3N2O2/c19-18(20,21)12-25-11-14-8-6-13(7-9-14)10-23-16(17(22)24)15-4-2-1-3-5-15/h1-9,16,23H,10-12H2,(H2,22,24)/t16-/m1/s1. The minimum absolute atomic E-state index is 0.110. The van der Waals surface area contributed by atoms with Crippen LogP contribution in [0.5, 0.6) is 0 Å². The largest absolute Gasteiger partial charge is 0.411 e. The summed E-state index contributed by atoms with van der Waals surface area (Å²) in [6.07, 6.45) is -4.33. The Bertz CT molecular complexity index is 673. The number of nitrogens with two attached hydrogens (primary N) is 1. The molecule has 134 valence electrons. The van der Waals surface area contributed by atoms with E-state index in [1.54, 1.807) is 24.3 Å². The quantitative estimate of drug-likeness (QED) is 0.767. The number of carbonyl (C=O) groups is 1. The van der Waals surface area contributed by atoms with Gasteiger partial charge in [-0.2, -0.15) is 13.2 Å². The summed E-state index contributed by atoms with van der Waals surface area (Å²) < 4.78 is 40.7. The maximum Gasteiger partial charge on any atom is 0.411 e. The molecule has 1 atom stereocenters. The van der Waals surface area contributed by atoms with Crippen molar-refractivity contribution in [2.45, 2.75) is 25.4 Å². The molecular weight excluding hydrogens is 333 g/mol. The van der Waals surface area contributed by atoms with Crippen molar-refractivity contribution in [2.75, 3.05) is 6.61 Å². The van der Waals surface area contributed by atoms with Gasteiger partial charge in [0.15, 0.2) is 0 Å². The van der Waals surface area contributed by atoms with Crippen LogP contribution in [0.4, 0.5) is 13.2 Å². The molecule has 0 aliphatic carbocycles. The molecular formula is C18H19F3N2O2. The molecule has 0 radical (unpaired) electrons. The van der Waals surface area contributed by atoms with Crippen molar-refractivity contribution < 1.29 is 22.7 Å². The van der Waals surface area contributed by atoms with Crippen molar-refractivity contribution in [2.24, 2.45) is 5.73 Å². The van der Waals surface area contributed by atoms with E-state index in [1.165, 1.54) is 0 Å². The fourth-order valence-electron chi connectivity index (χ4n) is 2.29. The zero-order valence-corrected chi connectivity index (χ0v) is 13.4. The third-order valence-electron chi connectivity index (χ3n) is 3.49. The highest BCUT2D eigenvalue weighted by Crippen LogP contribution is 2.16. The molecule has 0 saturated carbocycles. The zero-order valence-electron chi connectivity index (χ0n) is 13.4. The van der Waals surface area contributed by atoms with E-state index < -0.39 is 24.7 Å². The van der Waals surface area contributed by atoms with Gasteiger partial charge >= 0.3 is 6.18 Å². The minimum atomic E-state index is -4.33. The van der Waals surface area contributed by atoms with Crippen LogP contribution in [-0.2, 0) is 22.7 Å². The Morgan fingerprint density at radius 1 is 1.04 bits per heavy atom. The smallest absolute Gasteiger partial charge is 0.368 e. The first-order valence-electron chi connectivity index (χ1n) is 7.65. The van der Waals surface area contributed by atoms with E-state index in [0.29, 0.717) is 12.1 Å². The maximum atomic E-state index is 12.0. The second-order valence-electron chi connectivity index (χ2n) is 5.55. The van der Waals surface area contributed by atoms with Crippen molar-refractivity contribution >= 4 is 5.91 Å². The lowest BCUT2D eigenvalue weighted by Gasteiger charge is -2.16. The molecule has 0 unspecified atom stereocenters. The van der Waals surface area contributed by atoms with E-state index in [-0.39, 0.29) is 6.61 Å². The van der Waals surface area contributed by atoms with Crippen LogP contribution in [0.15, 0.2) is 54.6 Å². The second-order valence-corrected chi connectivity index (χ2v) is 5.55. The Morgan fingerprint density at radius 3 is 2.20 bits per heavy atom. The van der Waals surface area contributed by atoms with Crippen LogP contribution in [0, 0.1) is 0 Å². The Labute approximate surface area is 143 Å². The highest BCUT2D eigenvalue weighted by molar-refractivity contribution is 5.81. The Kier molecular flexibility index (Phi) is 6.55. The van der Waals surface area contributed by atoms with Crippen molar-refractivity contribution in [1.29, 1.82) is 0 Å². The Balaban J connectivity index is 1.89. The van der Waals surface area contributed by atoms with Gasteiger partial charge in [0.05, 0.1) is 6.61 Å². The lowest BCUT2D eigenvalue weighted by Crippen LogP contribution is -2.33. The average Bonchev–Trinajstić information content (AvgIpc) is 2.56. The second kappa shape index (κ2) is 8.64. The van der Waals surface area contributed by atoms with Gasteiger partial charge in [0.25, 0.3) is 0 Å². The van der Waals surface area contributed by atoms with Gasteiger partial charge in [-0.25, -0.2) is 0 Å². The molecule has 0 fully saturated rings. The third-order valence-corrected chi connectivity index (χ3v) is 3.49. The van der Waals surface area contributed by atoms with Crippen LogP contribution in [0.2, 0.25) is 0 Å². The number of hydrogen-bond donors (Lipinski definition) is 2. The van der Waals surface area contributed by atoms with E-state index in [0.717, 1.165) is 11.1 Å². The SMILES string of the molecule is NC(=O)[C@H](NCc1ccc(COCC(F)(F)F)cc1)c1ccccc1. The summed E-state index contributed by atoms with van der Waals surface area (Å²) in [5.74, 6) is -0.483. The van der Waals surface area contributed by atoms with Crippen molar-refractivity contribution in [3.63, 3.8) is 0 Å². The predicted molar refractivity (Wildman–Crippen MR) is 87.4 cm³/mol. The van der Waals surface area contributed by atoms with Crippen LogP contribution in [0.3, 0.4) is 0 Å². The molecule has 0 aromatic heterocycles. The monoisotopic (exact) mass is 352 g/mol. The molecule has 0 aliphatic rings. The first-order chi connectivity index (χ1) is 11.8. The van der Waals surface area contributed by atoms with E-state index >= 15 is 0 Å². The first-order valence-corrected chi connectivity index (χ1v) is 7.65. The average molecular weight is 352 g/mol. The Hall–Kier alpha value is -2.38. The summed E-state index contributed by atoms with van der Waals surface area (Å²) in [5.41, 5.74) is 7.73. The molecule has 0 saturated heterocycles. The molecule has 2 rings (SSSR count). The van der Waals surface area contributed by atoms with E-state index in [4.69, 9.17) is 5.73 Å². The normalized spacial score (nSPS) is 12.8. The molecule has 3 N–H and O–H groups in total. The van der Waals surface area contributed by atoms with Crippen LogP contribution in [-0.4, -0.2) is 18.7 Å². The number of rotatable bonds is 8. The fourth-order valence-corrected chi connectivity index (χ4v) is 2.29. The molecule has 1 amide bonds. The molecule has 0 bridgehead atoms. The molecule has 2 aromatic rings. The molecule has 4 nitrogen and oxygen atoms in total. The van der Waals surface area contributed by atoms with Crippen molar-refractivity contribution in [3.05, 3.63) is 71.3 Å². The summed E-state index contributed by atoms with van der Waals surface area (Å²) in [6, 6.07) is 15.4. The van der Waals surface area contributed by atoms with Crippen LogP contribution < -0.4 is 11.1 Å². The number of alkyl halides is 3.